The van der Waals surface area contributed by atoms with Crippen molar-refractivity contribution in [1.29, 1.82) is 0 Å². The zero-order valence-corrected chi connectivity index (χ0v) is 11.2. The van der Waals surface area contributed by atoms with Crippen LogP contribution >= 0.6 is 0 Å². The van der Waals surface area contributed by atoms with E-state index in [9.17, 15) is 0 Å². The molecule has 0 aromatic rings. The highest BCUT2D eigenvalue weighted by molar-refractivity contribution is 4.79. The summed E-state index contributed by atoms with van der Waals surface area (Å²) in [6.07, 6.45) is 0. The van der Waals surface area contributed by atoms with Crippen LogP contribution in [0.25, 0.3) is 0 Å². The summed E-state index contributed by atoms with van der Waals surface area (Å²) in [5.74, 6) is 0. The molecule has 6 rings (SSSR count). The first kappa shape index (κ1) is 14.2. The van der Waals surface area contributed by atoms with Gasteiger partial charge in [-0.3, -0.25) is 30.1 Å². The Morgan fingerprint density at radius 1 is 0.333 bits per heavy atom. The molecule has 0 aromatic heterocycles. The van der Waals surface area contributed by atoms with Crippen LogP contribution in [0.15, 0.2) is 0 Å². The number of hydrogen-bond donors (Lipinski definition) is 2. The second-order valence-electron chi connectivity index (χ2n) is 5.37. The van der Waals surface area contributed by atoms with Gasteiger partial charge in [0.15, 0.2) is 0 Å². The van der Waals surface area contributed by atoms with Crippen molar-refractivity contribution in [1.82, 2.24) is 19.6 Å². The van der Waals surface area contributed by atoms with E-state index in [0.29, 0.717) is 0 Å². The number of nitrogens with zero attached hydrogens (tertiary/aromatic N) is 4. The standard InChI is InChI=1S/2C6H12N2.H2O2/c2*1-2-8-5-3-7(1)4-6-8;1-2/h2*1-6H2;1-2H. The van der Waals surface area contributed by atoms with Crippen LogP contribution in [0, 0.1) is 0 Å². The zero-order valence-electron chi connectivity index (χ0n) is 11.2. The SMILES string of the molecule is C1CN2CCN1CC2.C1CN2CCN1CC2.OO. The Morgan fingerprint density at radius 2 is 0.444 bits per heavy atom. The lowest BCUT2D eigenvalue weighted by Gasteiger charge is -2.41. The molecule has 6 aliphatic heterocycles. The predicted octanol–water partition coefficient (Wildman–Crippen LogP) is -0.747. The fourth-order valence-corrected chi connectivity index (χ4v) is 3.04. The van der Waals surface area contributed by atoms with Gasteiger partial charge in [0, 0.05) is 78.5 Å². The molecule has 6 saturated heterocycles. The van der Waals surface area contributed by atoms with Crippen molar-refractivity contribution in [2.75, 3.05) is 78.5 Å². The van der Waals surface area contributed by atoms with Gasteiger partial charge >= 0.3 is 0 Å². The molecule has 6 nitrogen and oxygen atoms in total. The van der Waals surface area contributed by atoms with E-state index in [-0.39, 0.29) is 0 Å². The van der Waals surface area contributed by atoms with E-state index in [1.165, 1.54) is 78.5 Å². The van der Waals surface area contributed by atoms with Crippen LogP contribution in [0.3, 0.4) is 0 Å². The van der Waals surface area contributed by atoms with Gasteiger partial charge in [-0.2, -0.15) is 0 Å². The van der Waals surface area contributed by atoms with Gasteiger partial charge in [0.2, 0.25) is 0 Å². The first-order valence-corrected chi connectivity index (χ1v) is 6.99. The van der Waals surface area contributed by atoms with Crippen molar-refractivity contribution in [3.05, 3.63) is 0 Å². The van der Waals surface area contributed by atoms with Gasteiger partial charge in [-0.1, -0.05) is 0 Å². The lowest BCUT2D eigenvalue weighted by Crippen LogP contribution is -2.55. The van der Waals surface area contributed by atoms with E-state index in [1.807, 2.05) is 0 Å². The molecule has 0 spiro atoms. The summed E-state index contributed by atoms with van der Waals surface area (Å²) in [6.45, 7) is 15.8. The second-order valence-corrected chi connectivity index (χ2v) is 5.37. The quantitative estimate of drug-likeness (QED) is 0.441. The molecule has 6 fully saturated rings. The van der Waals surface area contributed by atoms with Crippen molar-refractivity contribution in [3.63, 3.8) is 0 Å². The Kier molecular flexibility index (Phi) is 5.81. The normalized spacial score (nSPS) is 40.3. The van der Waals surface area contributed by atoms with Gasteiger partial charge in [-0.25, -0.2) is 0 Å². The minimum Gasteiger partial charge on any atom is -0.300 e. The van der Waals surface area contributed by atoms with E-state index >= 15 is 0 Å². The number of fused-ring (bicyclic) bond motifs is 6. The highest BCUT2D eigenvalue weighted by atomic mass is 17.0. The van der Waals surface area contributed by atoms with E-state index in [0.717, 1.165) is 0 Å². The van der Waals surface area contributed by atoms with Crippen LogP contribution in [-0.2, 0) is 0 Å². The molecule has 0 amide bonds. The Balaban J connectivity index is 0.000000118. The third-order valence-electron chi connectivity index (χ3n) is 4.39. The Morgan fingerprint density at radius 3 is 0.500 bits per heavy atom. The monoisotopic (exact) mass is 258 g/mol. The average Bonchev–Trinajstić information content (AvgIpc) is 2.54. The topological polar surface area (TPSA) is 53.4 Å². The van der Waals surface area contributed by atoms with Crippen LogP contribution in [0.4, 0.5) is 0 Å². The highest BCUT2D eigenvalue weighted by Gasteiger charge is 2.22. The first-order chi connectivity index (χ1) is 8.90. The van der Waals surface area contributed by atoms with Crippen molar-refractivity contribution < 1.29 is 10.5 Å². The van der Waals surface area contributed by atoms with Gasteiger partial charge in [-0.05, 0) is 0 Å². The molecule has 6 aliphatic rings. The van der Waals surface area contributed by atoms with Crippen molar-refractivity contribution in [2.24, 2.45) is 0 Å². The minimum atomic E-state index is 1.32. The minimum absolute atomic E-state index is 1.32. The van der Waals surface area contributed by atoms with Gasteiger partial charge in [0.05, 0.1) is 0 Å². The molecule has 18 heavy (non-hydrogen) atoms. The van der Waals surface area contributed by atoms with Crippen LogP contribution < -0.4 is 0 Å². The second kappa shape index (κ2) is 7.37. The molecular formula is C12H26N4O2. The third kappa shape index (κ3) is 3.88. The smallest absolute Gasteiger partial charge is 0.0110 e. The summed E-state index contributed by atoms with van der Waals surface area (Å²) in [7, 11) is 0. The molecule has 0 aromatic carbocycles. The Bertz CT molecular complexity index is 156. The largest absolute Gasteiger partial charge is 0.300 e. The van der Waals surface area contributed by atoms with Gasteiger partial charge < -0.3 is 0 Å². The summed E-state index contributed by atoms with van der Waals surface area (Å²) < 4.78 is 0. The molecule has 106 valence electrons. The summed E-state index contributed by atoms with van der Waals surface area (Å²) >= 11 is 0. The highest BCUT2D eigenvalue weighted by Crippen LogP contribution is 2.07. The summed E-state index contributed by atoms with van der Waals surface area (Å²) in [4.78, 5) is 10.2. The lowest BCUT2D eigenvalue weighted by atomic mass is 10.2. The third-order valence-corrected chi connectivity index (χ3v) is 4.39. The predicted molar refractivity (Wildman–Crippen MR) is 71.0 cm³/mol. The fraction of sp³-hybridized carbons (Fsp3) is 1.00. The number of hydrogen-bond acceptors (Lipinski definition) is 6. The molecule has 0 aliphatic carbocycles. The molecule has 0 unspecified atom stereocenters. The van der Waals surface area contributed by atoms with Gasteiger partial charge in [-0.15, -0.1) is 0 Å². The molecule has 0 atom stereocenters. The number of piperazine rings is 6. The van der Waals surface area contributed by atoms with Gasteiger partial charge in [0.25, 0.3) is 0 Å². The van der Waals surface area contributed by atoms with Crippen LogP contribution in [0.2, 0.25) is 0 Å². The summed E-state index contributed by atoms with van der Waals surface area (Å²) in [5, 5.41) is 12.0. The average molecular weight is 258 g/mol. The van der Waals surface area contributed by atoms with Crippen molar-refractivity contribution in [2.45, 2.75) is 0 Å². The fourth-order valence-electron chi connectivity index (χ4n) is 3.04. The maximum atomic E-state index is 6.00. The molecule has 6 heterocycles. The van der Waals surface area contributed by atoms with E-state index < -0.39 is 0 Å². The van der Waals surface area contributed by atoms with Crippen molar-refractivity contribution in [3.8, 4) is 0 Å². The zero-order chi connectivity index (χ0) is 12.8. The summed E-state index contributed by atoms with van der Waals surface area (Å²) in [6, 6.07) is 0. The van der Waals surface area contributed by atoms with E-state index in [1.54, 1.807) is 0 Å². The molecule has 4 bridgehead atoms. The van der Waals surface area contributed by atoms with E-state index in [2.05, 4.69) is 19.6 Å². The van der Waals surface area contributed by atoms with Crippen molar-refractivity contribution >= 4 is 0 Å². The van der Waals surface area contributed by atoms with Crippen LogP contribution in [0.5, 0.6) is 0 Å². The van der Waals surface area contributed by atoms with Crippen LogP contribution in [-0.4, -0.2) is 109 Å². The molecule has 6 heteroatoms. The van der Waals surface area contributed by atoms with Crippen LogP contribution in [0.1, 0.15) is 0 Å². The molecular weight excluding hydrogens is 232 g/mol. The molecule has 0 radical (unpaired) electrons. The number of rotatable bonds is 0. The van der Waals surface area contributed by atoms with E-state index in [4.69, 9.17) is 10.5 Å². The molecule has 2 N–H and O–H groups in total. The van der Waals surface area contributed by atoms with Gasteiger partial charge in [0.1, 0.15) is 0 Å². The summed E-state index contributed by atoms with van der Waals surface area (Å²) in [5.41, 5.74) is 0. The Hall–Kier alpha value is -0.240. The maximum absolute atomic E-state index is 6.00. The lowest BCUT2D eigenvalue weighted by molar-refractivity contribution is -0.176. The Labute approximate surface area is 109 Å². The first-order valence-electron chi connectivity index (χ1n) is 6.99. The molecule has 0 saturated carbocycles. The maximum Gasteiger partial charge on any atom is 0.0110 e.